The molecule has 20 heavy (non-hydrogen) atoms. The maximum absolute atomic E-state index is 5.86. The Bertz CT molecular complexity index is 647. The highest BCUT2D eigenvalue weighted by Gasteiger charge is 2.19. The van der Waals surface area contributed by atoms with Crippen LogP contribution in [0.1, 0.15) is 11.1 Å². The van der Waals surface area contributed by atoms with E-state index < -0.39 is 0 Å². The lowest BCUT2D eigenvalue weighted by Crippen LogP contribution is -2.31. The summed E-state index contributed by atoms with van der Waals surface area (Å²) < 4.78 is 5.98. The van der Waals surface area contributed by atoms with Gasteiger partial charge in [0.1, 0.15) is 0 Å². The maximum Gasteiger partial charge on any atom is 0.232 e. The molecule has 1 aliphatic rings. The van der Waals surface area contributed by atoms with Gasteiger partial charge in [0.25, 0.3) is 0 Å². The van der Waals surface area contributed by atoms with Crippen molar-refractivity contribution in [2.45, 2.75) is 13.0 Å². The molecule has 0 radical (unpaired) electrons. The molecule has 0 unspecified atom stereocenters. The molecule has 6 heteroatoms. The summed E-state index contributed by atoms with van der Waals surface area (Å²) in [4.78, 5) is 10.9. The van der Waals surface area contributed by atoms with Gasteiger partial charge in [0.05, 0.1) is 17.8 Å². The van der Waals surface area contributed by atoms with E-state index in [0.717, 1.165) is 29.7 Å². The quantitative estimate of drug-likeness (QED) is 0.854. The largest absolute Gasteiger partial charge is 0.480 e. The highest BCUT2D eigenvalue weighted by atomic mass is 79.9. The van der Waals surface area contributed by atoms with E-state index in [4.69, 9.17) is 10.5 Å². The Kier molecular flexibility index (Phi) is 3.48. The fourth-order valence-corrected chi connectivity index (χ4v) is 2.74. The summed E-state index contributed by atoms with van der Waals surface area (Å²) in [7, 11) is 1.60. The summed E-state index contributed by atoms with van der Waals surface area (Å²) in [6, 6.07) is 6.08. The number of nitrogens with zero attached hydrogens (tertiary/aromatic N) is 3. The minimum Gasteiger partial charge on any atom is -0.480 e. The van der Waals surface area contributed by atoms with Crippen molar-refractivity contribution in [1.29, 1.82) is 0 Å². The summed E-state index contributed by atoms with van der Waals surface area (Å²) >= 11 is 3.36. The van der Waals surface area contributed by atoms with Crippen LogP contribution < -0.4 is 15.4 Å². The lowest BCUT2D eigenvalue weighted by atomic mass is 9.99. The van der Waals surface area contributed by atoms with Gasteiger partial charge < -0.3 is 15.4 Å². The van der Waals surface area contributed by atoms with Crippen molar-refractivity contribution in [3.05, 3.63) is 40.0 Å². The van der Waals surface area contributed by atoms with Gasteiger partial charge in [-0.1, -0.05) is 6.07 Å². The van der Waals surface area contributed by atoms with E-state index in [9.17, 15) is 0 Å². The Balaban J connectivity index is 1.90. The molecular formula is C14H15BrN4O. The summed E-state index contributed by atoms with van der Waals surface area (Å²) in [6.07, 6.45) is 2.69. The number of benzene rings is 1. The zero-order valence-electron chi connectivity index (χ0n) is 11.1. The van der Waals surface area contributed by atoms with Crippen LogP contribution in [0.3, 0.4) is 0 Å². The standard InChI is InChI=1S/C14H15BrN4O/c1-20-13-12(15)7-17-14(18-13)19-5-4-9-2-3-11(16)6-10(9)8-19/h2-3,6-7H,4-5,8,16H2,1H3. The molecule has 0 bridgehead atoms. The molecule has 0 fully saturated rings. The van der Waals surface area contributed by atoms with E-state index in [0.29, 0.717) is 11.8 Å². The van der Waals surface area contributed by atoms with Gasteiger partial charge in [0, 0.05) is 18.8 Å². The third-order valence-electron chi connectivity index (χ3n) is 3.42. The SMILES string of the molecule is COc1nc(N2CCc3ccc(N)cc3C2)ncc1Br. The summed E-state index contributed by atoms with van der Waals surface area (Å²) in [5.74, 6) is 1.23. The van der Waals surface area contributed by atoms with Crippen LogP contribution in [-0.4, -0.2) is 23.6 Å². The average Bonchev–Trinajstić information content (AvgIpc) is 2.47. The van der Waals surface area contributed by atoms with Gasteiger partial charge in [-0.2, -0.15) is 4.98 Å². The number of fused-ring (bicyclic) bond motifs is 1. The number of hydrogen-bond donors (Lipinski definition) is 1. The van der Waals surface area contributed by atoms with Crippen LogP contribution >= 0.6 is 15.9 Å². The Morgan fingerprint density at radius 2 is 2.20 bits per heavy atom. The number of aromatic nitrogens is 2. The van der Waals surface area contributed by atoms with Crippen LogP contribution in [0.5, 0.6) is 5.88 Å². The normalized spacial score (nSPS) is 14.0. The predicted octanol–water partition coefficient (Wildman–Crippen LogP) is 2.39. The zero-order valence-corrected chi connectivity index (χ0v) is 12.7. The van der Waals surface area contributed by atoms with Crippen molar-refractivity contribution in [3.8, 4) is 5.88 Å². The van der Waals surface area contributed by atoms with Crippen LogP contribution in [0, 0.1) is 0 Å². The molecule has 0 spiro atoms. The third-order valence-corrected chi connectivity index (χ3v) is 3.96. The molecule has 0 atom stereocenters. The molecule has 0 aliphatic carbocycles. The first kappa shape index (κ1) is 13.2. The van der Waals surface area contributed by atoms with Crippen LogP contribution in [0.25, 0.3) is 0 Å². The van der Waals surface area contributed by atoms with Gasteiger partial charge in [-0.25, -0.2) is 4.98 Å². The first-order chi connectivity index (χ1) is 9.67. The van der Waals surface area contributed by atoms with Crippen molar-refractivity contribution in [2.75, 3.05) is 24.3 Å². The zero-order chi connectivity index (χ0) is 14.1. The molecule has 2 aromatic rings. The smallest absolute Gasteiger partial charge is 0.232 e. The topological polar surface area (TPSA) is 64.3 Å². The van der Waals surface area contributed by atoms with Crippen LogP contribution in [0.15, 0.2) is 28.9 Å². The lowest BCUT2D eigenvalue weighted by molar-refractivity contribution is 0.393. The molecule has 1 aromatic heterocycles. The first-order valence-electron chi connectivity index (χ1n) is 6.36. The number of nitrogens with two attached hydrogens (primary N) is 1. The number of hydrogen-bond acceptors (Lipinski definition) is 5. The number of ether oxygens (including phenoxy) is 1. The average molecular weight is 335 g/mol. The van der Waals surface area contributed by atoms with Crippen molar-refractivity contribution >= 4 is 27.6 Å². The van der Waals surface area contributed by atoms with E-state index in [-0.39, 0.29) is 0 Å². The second-order valence-electron chi connectivity index (χ2n) is 4.73. The van der Waals surface area contributed by atoms with Crippen molar-refractivity contribution < 1.29 is 4.74 Å². The number of rotatable bonds is 2. The second-order valence-corrected chi connectivity index (χ2v) is 5.58. The Morgan fingerprint density at radius 3 is 3.00 bits per heavy atom. The number of methoxy groups -OCH3 is 1. The van der Waals surface area contributed by atoms with Crippen molar-refractivity contribution in [3.63, 3.8) is 0 Å². The Hall–Kier alpha value is -1.82. The summed E-state index contributed by atoms with van der Waals surface area (Å²) in [5.41, 5.74) is 9.23. The van der Waals surface area contributed by atoms with E-state index in [1.807, 2.05) is 12.1 Å². The molecule has 3 rings (SSSR count). The van der Waals surface area contributed by atoms with Gasteiger partial charge in [-0.3, -0.25) is 0 Å². The number of nitrogen functional groups attached to an aromatic ring is 1. The van der Waals surface area contributed by atoms with E-state index in [2.05, 4.69) is 36.9 Å². The third kappa shape index (κ3) is 2.43. The van der Waals surface area contributed by atoms with Gasteiger partial charge in [0.2, 0.25) is 11.8 Å². The highest BCUT2D eigenvalue weighted by molar-refractivity contribution is 9.10. The van der Waals surface area contributed by atoms with Gasteiger partial charge in [-0.15, -0.1) is 0 Å². The molecule has 2 heterocycles. The van der Waals surface area contributed by atoms with Crippen molar-refractivity contribution in [2.24, 2.45) is 0 Å². The minimum atomic E-state index is 0.549. The number of anilines is 2. The summed E-state index contributed by atoms with van der Waals surface area (Å²) in [6.45, 7) is 1.66. The molecule has 2 N–H and O–H groups in total. The van der Waals surface area contributed by atoms with Gasteiger partial charge in [0.15, 0.2) is 0 Å². The molecule has 0 saturated carbocycles. The minimum absolute atomic E-state index is 0.549. The maximum atomic E-state index is 5.86. The Morgan fingerprint density at radius 1 is 1.35 bits per heavy atom. The second kappa shape index (κ2) is 5.28. The van der Waals surface area contributed by atoms with Crippen LogP contribution in [0.2, 0.25) is 0 Å². The molecule has 5 nitrogen and oxygen atoms in total. The van der Waals surface area contributed by atoms with E-state index in [1.165, 1.54) is 11.1 Å². The van der Waals surface area contributed by atoms with Gasteiger partial charge >= 0.3 is 0 Å². The summed E-state index contributed by atoms with van der Waals surface area (Å²) in [5, 5.41) is 0. The van der Waals surface area contributed by atoms with Crippen molar-refractivity contribution in [1.82, 2.24) is 9.97 Å². The Labute approximate surface area is 125 Å². The van der Waals surface area contributed by atoms with E-state index in [1.54, 1.807) is 13.3 Å². The molecule has 1 aromatic carbocycles. The van der Waals surface area contributed by atoms with E-state index >= 15 is 0 Å². The fourth-order valence-electron chi connectivity index (χ4n) is 2.39. The molecule has 104 valence electrons. The molecule has 0 saturated heterocycles. The highest BCUT2D eigenvalue weighted by Crippen LogP contribution is 2.27. The number of halogens is 1. The molecular weight excluding hydrogens is 320 g/mol. The van der Waals surface area contributed by atoms with Crippen LogP contribution in [-0.2, 0) is 13.0 Å². The van der Waals surface area contributed by atoms with Crippen LogP contribution in [0.4, 0.5) is 11.6 Å². The fraction of sp³-hybridized carbons (Fsp3) is 0.286. The van der Waals surface area contributed by atoms with Gasteiger partial charge in [-0.05, 0) is 45.6 Å². The molecule has 0 amide bonds. The predicted molar refractivity (Wildman–Crippen MR) is 81.9 cm³/mol. The lowest BCUT2D eigenvalue weighted by Gasteiger charge is -2.29. The monoisotopic (exact) mass is 334 g/mol. The first-order valence-corrected chi connectivity index (χ1v) is 7.15. The molecule has 1 aliphatic heterocycles.